The van der Waals surface area contributed by atoms with Gasteiger partial charge in [0.25, 0.3) is 0 Å². The average molecular weight is 396 g/mol. The molecule has 0 fully saturated rings. The summed E-state index contributed by atoms with van der Waals surface area (Å²) in [5, 5.41) is 11.5. The Labute approximate surface area is 133 Å². The maximum atomic E-state index is 10.5. The molecule has 3 rings (SSSR count). The maximum absolute atomic E-state index is 10.5. The third-order valence-electron chi connectivity index (χ3n) is 3.37. The zero-order valence-electron chi connectivity index (χ0n) is 10.7. The van der Waals surface area contributed by atoms with Gasteiger partial charge in [-0.15, -0.1) is 0 Å². The second-order valence-corrected chi connectivity index (χ2v) is 6.52. The van der Waals surface area contributed by atoms with Crippen LogP contribution < -0.4 is 0 Å². The van der Waals surface area contributed by atoms with Crippen molar-refractivity contribution >= 4 is 42.8 Å². The minimum Gasteiger partial charge on any atom is -0.458 e. The lowest BCUT2D eigenvalue weighted by Crippen LogP contribution is -1.99. The van der Waals surface area contributed by atoms with Gasteiger partial charge < -0.3 is 9.52 Å². The van der Waals surface area contributed by atoms with Gasteiger partial charge in [-0.25, -0.2) is 0 Å². The van der Waals surface area contributed by atoms with Crippen molar-refractivity contribution in [2.75, 3.05) is 0 Å². The Morgan fingerprint density at radius 1 is 1.00 bits per heavy atom. The molecule has 4 heteroatoms. The number of aliphatic hydroxyl groups is 1. The summed E-state index contributed by atoms with van der Waals surface area (Å²) in [6.07, 6.45) is -0.755. The number of aryl methyl sites for hydroxylation is 1. The summed E-state index contributed by atoms with van der Waals surface area (Å²) < 4.78 is 7.80. The fourth-order valence-corrected chi connectivity index (χ4v) is 2.89. The second kappa shape index (κ2) is 5.35. The van der Waals surface area contributed by atoms with E-state index in [9.17, 15) is 5.11 Å². The molecule has 0 saturated carbocycles. The minimum atomic E-state index is -0.755. The standard InChI is InChI=1S/C16H12Br2O2/c1-9-13-8-12(18)6-7-14(13)20-16(9)15(19)10-2-4-11(17)5-3-10/h2-8,15,19H,1H3. The molecule has 0 radical (unpaired) electrons. The summed E-state index contributed by atoms with van der Waals surface area (Å²) in [6.45, 7) is 1.97. The van der Waals surface area contributed by atoms with Crippen LogP contribution in [-0.4, -0.2) is 5.11 Å². The molecule has 0 aliphatic carbocycles. The van der Waals surface area contributed by atoms with Crippen LogP contribution in [0.5, 0.6) is 0 Å². The molecular formula is C16H12Br2O2. The van der Waals surface area contributed by atoms with Crippen molar-refractivity contribution in [3.05, 3.63) is 68.3 Å². The van der Waals surface area contributed by atoms with Crippen LogP contribution >= 0.6 is 31.9 Å². The smallest absolute Gasteiger partial charge is 0.141 e. The van der Waals surface area contributed by atoms with Gasteiger partial charge in [-0.1, -0.05) is 44.0 Å². The van der Waals surface area contributed by atoms with E-state index in [4.69, 9.17) is 4.42 Å². The fraction of sp³-hybridized carbons (Fsp3) is 0.125. The third-order valence-corrected chi connectivity index (χ3v) is 4.39. The highest BCUT2D eigenvalue weighted by Gasteiger charge is 2.19. The van der Waals surface area contributed by atoms with Crippen molar-refractivity contribution in [2.45, 2.75) is 13.0 Å². The lowest BCUT2D eigenvalue weighted by atomic mass is 10.0. The number of rotatable bonds is 2. The second-order valence-electron chi connectivity index (χ2n) is 4.69. The number of hydrogen-bond acceptors (Lipinski definition) is 2. The van der Waals surface area contributed by atoms with Crippen molar-refractivity contribution in [2.24, 2.45) is 0 Å². The molecule has 1 N–H and O–H groups in total. The van der Waals surface area contributed by atoms with Crippen LogP contribution in [-0.2, 0) is 0 Å². The first kappa shape index (κ1) is 13.9. The number of halogens is 2. The van der Waals surface area contributed by atoms with Gasteiger partial charge in [-0.05, 0) is 42.8 Å². The number of benzene rings is 2. The predicted molar refractivity (Wildman–Crippen MR) is 86.9 cm³/mol. The Morgan fingerprint density at radius 2 is 1.65 bits per heavy atom. The molecule has 3 aromatic rings. The molecule has 2 aromatic carbocycles. The number of furan rings is 1. The third kappa shape index (κ3) is 2.43. The maximum Gasteiger partial charge on any atom is 0.141 e. The van der Waals surface area contributed by atoms with Gasteiger partial charge in [0.05, 0.1) is 0 Å². The van der Waals surface area contributed by atoms with Crippen molar-refractivity contribution < 1.29 is 9.52 Å². The molecule has 20 heavy (non-hydrogen) atoms. The topological polar surface area (TPSA) is 33.4 Å². The Balaban J connectivity index is 2.09. The normalized spacial score (nSPS) is 12.8. The van der Waals surface area contributed by atoms with E-state index in [0.717, 1.165) is 31.0 Å². The van der Waals surface area contributed by atoms with Gasteiger partial charge in [0.2, 0.25) is 0 Å². The van der Waals surface area contributed by atoms with Gasteiger partial charge in [0.15, 0.2) is 0 Å². The predicted octanol–water partition coefficient (Wildman–Crippen LogP) is 5.35. The van der Waals surface area contributed by atoms with Gasteiger partial charge in [-0.2, -0.15) is 0 Å². The molecular weight excluding hydrogens is 384 g/mol. The van der Waals surface area contributed by atoms with Crippen LogP contribution in [0.3, 0.4) is 0 Å². The largest absolute Gasteiger partial charge is 0.458 e. The van der Waals surface area contributed by atoms with E-state index in [0.29, 0.717) is 5.76 Å². The SMILES string of the molecule is Cc1c(C(O)c2ccc(Br)cc2)oc2ccc(Br)cc12. The van der Waals surface area contributed by atoms with Crippen LogP contribution in [0.1, 0.15) is 23.0 Å². The molecule has 0 bridgehead atoms. The molecule has 0 saturated heterocycles. The molecule has 1 atom stereocenters. The highest BCUT2D eigenvalue weighted by Crippen LogP contribution is 2.34. The van der Waals surface area contributed by atoms with E-state index in [1.165, 1.54) is 0 Å². The van der Waals surface area contributed by atoms with Gasteiger partial charge in [0.1, 0.15) is 17.4 Å². The minimum absolute atomic E-state index is 0.598. The number of hydrogen-bond donors (Lipinski definition) is 1. The highest BCUT2D eigenvalue weighted by atomic mass is 79.9. The zero-order chi connectivity index (χ0) is 14.3. The highest BCUT2D eigenvalue weighted by molar-refractivity contribution is 9.10. The molecule has 1 heterocycles. The van der Waals surface area contributed by atoms with Crippen LogP contribution in [0.25, 0.3) is 11.0 Å². The Kier molecular flexibility index (Phi) is 3.71. The van der Waals surface area contributed by atoms with E-state index in [1.54, 1.807) is 0 Å². The van der Waals surface area contributed by atoms with Crippen LogP contribution in [0.2, 0.25) is 0 Å². The monoisotopic (exact) mass is 394 g/mol. The Bertz CT molecular complexity index is 760. The van der Waals surface area contributed by atoms with E-state index in [2.05, 4.69) is 31.9 Å². The van der Waals surface area contributed by atoms with Crippen LogP contribution in [0.4, 0.5) is 0 Å². The Morgan fingerprint density at radius 3 is 2.35 bits per heavy atom. The van der Waals surface area contributed by atoms with E-state index >= 15 is 0 Å². The van der Waals surface area contributed by atoms with Crippen molar-refractivity contribution in [1.29, 1.82) is 0 Å². The molecule has 0 spiro atoms. The summed E-state index contributed by atoms with van der Waals surface area (Å²) >= 11 is 6.85. The van der Waals surface area contributed by atoms with Crippen molar-refractivity contribution in [3.8, 4) is 0 Å². The van der Waals surface area contributed by atoms with Gasteiger partial charge in [-0.3, -0.25) is 0 Å². The Hall–Kier alpha value is -1.10. The summed E-state index contributed by atoms with van der Waals surface area (Å²) in [5.41, 5.74) is 2.57. The van der Waals surface area contributed by atoms with E-state index < -0.39 is 6.10 Å². The van der Waals surface area contributed by atoms with Crippen LogP contribution in [0, 0.1) is 6.92 Å². The van der Waals surface area contributed by atoms with Gasteiger partial charge >= 0.3 is 0 Å². The van der Waals surface area contributed by atoms with Crippen LogP contribution in [0.15, 0.2) is 55.8 Å². The summed E-state index contributed by atoms with van der Waals surface area (Å²) in [6, 6.07) is 13.4. The molecule has 1 unspecified atom stereocenters. The lowest BCUT2D eigenvalue weighted by Gasteiger charge is -2.09. The molecule has 102 valence electrons. The molecule has 0 aliphatic rings. The quantitative estimate of drug-likeness (QED) is 0.634. The summed E-state index contributed by atoms with van der Waals surface area (Å²) in [7, 11) is 0. The zero-order valence-corrected chi connectivity index (χ0v) is 13.9. The summed E-state index contributed by atoms with van der Waals surface area (Å²) in [5.74, 6) is 0.598. The molecule has 0 amide bonds. The number of fused-ring (bicyclic) bond motifs is 1. The first-order valence-corrected chi connectivity index (χ1v) is 7.77. The first-order chi connectivity index (χ1) is 9.56. The number of aliphatic hydroxyl groups excluding tert-OH is 1. The average Bonchev–Trinajstić information content (AvgIpc) is 2.76. The van der Waals surface area contributed by atoms with Gasteiger partial charge in [0, 0.05) is 19.9 Å². The molecule has 1 aromatic heterocycles. The fourth-order valence-electron chi connectivity index (χ4n) is 2.27. The lowest BCUT2D eigenvalue weighted by molar-refractivity contribution is 0.191. The first-order valence-electron chi connectivity index (χ1n) is 6.18. The van der Waals surface area contributed by atoms with Crippen molar-refractivity contribution in [1.82, 2.24) is 0 Å². The molecule has 0 aliphatic heterocycles. The van der Waals surface area contributed by atoms with E-state index in [1.807, 2.05) is 49.4 Å². The summed E-state index contributed by atoms with van der Waals surface area (Å²) in [4.78, 5) is 0. The molecule has 2 nitrogen and oxygen atoms in total. The van der Waals surface area contributed by atoms with E-state index in [-0.39, 0.29) is 0 Å². The van der Waals surface area contributed by atoms with Crippen molar-refractivity contribution in [3.63, 3.8) is 0 Å².